The van der Waals surface area contributed by atoms with Gasteiger partial charge in [0.15, 0.2) is 0 Å². The van der Waals surface area contributed by atoms with Crippen molar-refractivity contribution in [3.05, 3.63) is 24.3 Å². The number of cyclic esters (lactones) is 1. The van der Waals surface area contributed by atoms with Crippen molar-refractivity contribution in [2.75, 3.05) is 32.1 Å². The SMILES string of the molecule is CN(C)S(=O)(=O)c1ccc(N2C[C@H](CO)OC2=O)cc1. The van der Waals surface area contributed by atoms with Gasteiger partial charge in [-0.15, -0.1) is 0 Å². The molecule has 0 spiro atoms. The number of hydrogen-bond donors (Lipinski definition) is 1. The van der Waals surface area contributed by atoms with E-state index in [0.29, 0.717) is 5.69 Å². The minimum absolute atomic E-state index is 0.150. The van der Waals surface area contributed by atoms with Gasteiger partial charge in [0, 0.05) is 19.8 Å². The number of nitrogens with zero attached hydrogens (tertiary/aromatic N) is 2. The van der Waals surface area contributed by atoms with Crippen molar-refractivity contribution < 1.29 is 23.1 Å². The highest BCUT2D eigenvalue weighted by Crippen LogP contribution is 2.23. The number of aliphatic hydroxyl groups is 1. The van der Waals surface area contributed by atoms with E-state index in [4.69, 9.17) is 9.84 Å². The monoisotopic (exact) mass is 300 g/mol. The van der Waals surface area contributed by atoms with Crippen LogP contribution in [-0.2, 0) is 14.8 Å². The van der Waals surface area contributed by atoms with Gasteiger partial charge in [0.25, 0.3) is 0 Å². The molecule has 1 aliphatic heterocycles. The molecule has 7 nitrogen and oxygen atoms in total. The summed E-state index contributed by atoms with van der Waals surface area (Å²) in [7, 11) is -0.585. The molecule has 0 bridgehead atoms. The number of aliphatic hydroxyl groups excluding tert-OH is 1. The summed E-state index contributed by atoms with van der Waals surface area (Å²) >= 11 is 0. The van der Waals surface area contributed by atoms with Gasteiger partial charge in [0.1, 0.15) is 6.10 Å². The molecule has 0 unspecified atom stereocenters. The van der Waals surface area contributed by atoms with Crippen LogP contribution in [0.2, 0.25) is 0 Å². The molecule has 8 heteroatoms. The molecular formula is C12H16N2O5S. The zero-order valence-electron chi connectivity index (χ0n) is 11.2. The van der Waals surface area contributed by atoms with Crippen molar-refractivity contribution in [1.29, 1.82) is 0 Å². The van der Waals surface area contributed by atoms with Gasteiger partial charge in [-0.3, -0.25) is 4.90 Å². The third-order valence-electron chi connectivity index (χ3n) is 3.00. The minimum Gasteiger partial charge on any atom is -0.441 e. The maximum Gasteiger partial charge on any atom is 0.414 e. The first-order valence-electron chi connectivity index (χ1n) is 5.98. The van der Waals surface area contributed by atoms with Gasteiger partial charge in [-0.1, -0.05) is 0 Å². The number of carbonyl (C=O) groups is 1. The molecule has 2 rings (SSSR count). The van der Waals surface area contributed by atoms with E-state index >= 15 is 0 Å². The fourth-order valence-corrected chi connectivity index (χ4v) is 2.74. The fourth-order valence-electron chi connectivity index (χ4n) is 1.84. The van der Waals surface area contributed by atoms with Crippen LogP contribution in [0.15, 0.2) is 29.2 Å². The second-order valence-electron chi connectivity index (χ2n) is 4.58. The van der Waals surface area contributed by atoms with Crippen molar-refractivity contribution in [2.45, 2.75) is 11.0 Å². The second-order valence-corrected chi connectivity index (χ2v) is 6.73. The van der Waals surface area contributed by atoms with Crippen molar-refractivity contribution in [3.8, 4) is 0 Å². The Morgan fingerprint density at radius 1 is 1.35 bits per heavy atom. The maximum absolute atomic E-state index is 11.9. The molecule has 1 fully saturated rings. The Labute approximate surface area is 117 Å². The van der Waals surface area contributed by atoms with Gasteiger partial charge in [-0.25, -0.2) is 17.5 Å². The van der Waals surface area contributed by atoms with E-state index in [-0.39, 0.29) is 18.0 Å². The normalized spacial score (nSPS) is 19.5. The Bertz CT molecular complexity index is 597. The lowest BCUT2D eigenvalue weighted by Gasteiger charge is -2.15. The summed E-state index contributed by atoms with van der Waals surface area (Å²) in [5.74, 6) is 0. The number of anilines is 1. The lowest BCUT2D eigenvalue weighted by Crippen LogP contribution is -2.25. The van der Waals surface area contributed by atoms with Crippen molar-refractivity contribution in [1.82, 2.24) is 4.31 Å². The molecule has 1 atom stereocenters. The highest BCUT2D eigenvalue weighted by molar-refractivity contribution is 7.89. The first-order valence-corrected chi connectivity index (χ1v) is 7.42. The molecule has 0 saturated carbocycles. The Morgan fingerprint density at radius 3 is 2.40 bits per heavy atom. The molecule has 1 aliphatic rings. The predicted molar refractivity (Wildman–Crippen MR) is 72.0 cm³/mol. The van der Waals surface area contributed by atoms with E-state index in [1.807, 2.05) is 0 Å². The molecular weight excluding hydrogens is 284 g/mol. The maximum atomic E-state index is 11.9. The highest BCUT2D eigenvalue weighted by Gasteiger charge is 2.32. The molecule has 110 valence electrons. The van der Waals surface area contributed by atoms with Gasteiger partial charge in [0.2, 0.25) is 10.0 Å². The van der Waals surface area contributed by atoms with Crippen LogP contribution in [0.1, 0.15) is 0 Å². The Morgan fingerprint density at radius 2 is 1.95 bits per heavy atom. The van der Waals surface area contributed by atoms with Crippen LogP contribution in [-0.4, -0.2) is 57.3 Å². The molecule has 1 heterocycles. The van der Waals surface area contributed by atoms with Crippen molar-refractivity contribution in [3.63, 3.8) is 0 Å². The third kappa shape index (κ3) is 2.62. The van der Waals surface area contributed by atoms with Crippen molar-refractivity contribution in [2.24, 2.45) is 0 Å². The number of rotatable bonds is 4. The van der Waals surface area contributed by atoms with Crippen LogP contribution in [0.3, 0.4) is 0 Å². The summed E-state index contributed by atoms with van der Waals surface area (Å²) in [6, 6.07) is 5.95. The summed E-state index contributed by atoms with van der Waals surface area (Å²) in [4.78, 5) is 13.1. The van der Waals surface area contributed by atoms with Crippen LogP contribution in [0.25, 0.3) is 0 Å². The first-order chi connectivity index (χ1) is 9.36. The summed E-state index contributed by atoms with van der Waals surface area (Å²) in [6.07, 6.45) is -1.10. The largest absolute Gasteiger partial charge is 0.441 e. The van der Waals surface area contributed by atoms with Gasteiger partial charge in [-0.2, -0.15) is 0 Å². The summed E-state index contributed by atoms with van der Waals surface area (Å²) in [5, 5.41) is 8.97. The smallest absolute Gasteiger partial charge is 0.414 e. The summed E-state index contributed by atoms with van der Waals surface area (Å²) in [5.41, 5.74) is 0.531. The topological polar surface area (TPSA) is 87.2 Å². The Kier molecular flexibility index (Phi) is 3.98. The number of sulfonamides is 1. The van der Waals surface area contributed by atoms with E-state index < -0.39 is 22.2 Å². The minimum atomic E-state index is -3.49. The fraction of sp³-hybridized carbons (Fsp3) is 0.417. The summed E-state index contributed by atoms with van der Waals surface area (Å²) in [6.45, 7) is 0.00441. The lowest BCUT2D eigenvalue weighted by molar-refractivity contribution is 0.0963. The molecule has 1 aromatic rings. The number of amides is 1. The van der Waals surface area contributed by atoms with Crippen LogP contribution in [0, 0.1) is 0 Å². The highest BCUT2D eigenvalue weighted by atomic mass is 32.2. The number of hydrogen-bond acceptors (Lipinski definition) is 5. The van der Waals surface area contributed by atoms with Gasteiger partial charge < -0.3 is 9.84 Å². The average Bonchev–Trinajstić information content (AvgIpc) is 2.80. The predicted octanol–water partition coefficient (Wildman–Crippen LogP) is 0.254. The molecule has 1 N–H and O–H groups in total. The summed E-state index contributed by atoms with van der Waals surface area (Å²) < 4.78 is 29.9. The van der Waals surface area contributed by atoms with E-state index in [2.05, 4.69) is 0 Å². The number of carbonyl (C=O) groups excluding carboxylic acids is 1. The van der Waals surface area contributed by atoms with Crippen molar-refractivity contribution >= 4 is 21.8 Å². The standard InChI is InChI=1S/C12H16N2O5S/c1-13(2)20(17,18)11-5-3-9(4-6-11)14-7-10(8-15)19-12(14)16/h3-6,10,15H,7-8H2,1-2H3/t10-/m1/s1. The second kappa shape index (κ2) is 5.39. The van der Waals surface area contributed by atoms with E-state index in [9.17, 15) is 13.2 Å². The molecule has 1 saturated heterocycles. The van der Waals surface area contributed by atoms with E-state index in [0.717, 1.165) is 4.31 Å². The molecule has 0 radical (unpaired) electrons. The quantitative estimate of drug-likeness (QED) is 0.861. The Hall–Kier alpha value is -1.64. The van der Waals surface area contributed by atoms with E-state index in [1.54, 1.807) is 0 Å². The first kappa shape index (κ1) is 14.8. The molecule has 20 heavy (non-hydrogen) atoms. The zero-order chi connectivity index (χ0) is 14.9. The van der Waals surface area contributed by atoms with Gasteiger partial charge >= 0.3 is 6.09 Å². The van der Waals surface area contributed by atoms with E-state index in [1.165, 1.54) is 43.3 Å². The number of ether oxygens (including phenoxy) is 1. The average molecular weight is 300 g/mol. The Balaban J connectivity index is 2.24. The molecule has 1 amide bonds. The van der Waals surface area contributed by atoms with Crippen LogP contribution in [0.4, 0.5) is 10.5 Å². The third-order valence-corrected chi connectivity index (χ3v) is 4.83. The van der Waals surface area contributed by atoms with Gasteiger partial charge in [0.05, 0.1) is 18.0 Å². The molecule has 0 aliphatic carbocycles. The lowest BCUT2D eigenvalue weighted by atomic mass is 10.3. The van der Waals surface area contributed by atoms with Crippen LogP contribution >= 0.6 is 0 Å². The van der Waals surface area contributed by atoms with Crippen LogP contribution in [0.5, 0.6) is 0 Å². The molecule has 1 aromatic carbocycles. The van der Waals surface area contributed by atoms with Crippen LogP contribution < -0.4 is 4.90 Å². The van der Waals surface area contributed by atoms with Gasteiger partial charge in [-0.05, 0) is 24.3 Å². The zero-order valence-corrected chi connectivity index (χ0v) is 12.0. The number of benzene rings is 1. The molecule has 0 aromatic heterocycles.